The smallest absolute Gasteiger partial charge is 0.224 e. The van der Waals surface area contributed by atoms with Gasteiger partial charge in [-0.2, -0.15) is 0 Å². The second-order valence-corrected chi connectivity index (χ2v) is 6.15. The number of fused-ring (bicyclic) bond motifs is 1. The molecule has 2 aromatic rings. The fourth-order valence-corrected chi connectivity index (χ4v) is 3.03. The van der Waals surface area contributed by atoms with Gasteiger partial charge in [0.05, 0.1) is 37.3 Å². The van der Waals surface area contributed by atoms with Crippen LogP contribution in [0.15, 0.2) is 24.3 Å². The molecule has 0 radical (unpaired) electrons. The molecule has 7 heteroatoms. The maximum Gasteiger partial charge on any atom is 0.224 e. The monoisotopic (exact) mass is 346 g/mol. The number of methoxy groups -OCH3 is 1. The minimum Gasteiger partial charge on any atom is -0.382 e. The van der Waals surface area contributed by atoms with E-state index in [-0.39, 0.29) is 5.91 Å². The maximum absolute atomic E-state index is 12.3. The lowest BCUT2D eigenvalue weighted by molar-refractivity contribution is -0.132. The third-order valence-corrected chi connectivity index (χ3v) is 4.42. The Morgan fingerprint density at radius 2 is 2.04 bits per heavy atom. The van der Waals surface area contributed by atoms with Crippen molar-refractivity contribution < 1.29 is 14.3 Å². The lowest BCUT2D eigenvalue weighted by atomic mass is 10.3. The normalized spacial score (nSPS) is 15.6. The predicted octanol–water partition coefficient (Wildman–Crippen LogP) is 1.65. The largest absolute Gasteiger partial charge is 0.382 e. The molecule has 136 valence electrons. The van der Waals surface area contributed by atoms with Crippen molar-refractivity contribution in [1.29, 1.82) is 0 Å². The number of H-pyrrole nitrogens is 1. The fourth-order valence-electron chi connectivity index (χ4n) is 3.03. The van der Waals surface area contributed by atoms with E-state index in [1.54, 1.807) is 7.11 Å². The summed E-state index contributed by atoms with van der Waals surface area (Å²) in [5, 5.41) is 0. The summed E-state index contributed by atoms with van der Waals surface area (Å²) in [6.07, 6.45) is 1.36. The molecule has 1 aromatic heterocycles. The summed E-state index contributed by atoms with van der Waals surface area (Å²) in [6, 6.07) is 8.03. The molecule has 1 N–H and O–H groups in total. The lowest BCUT2D eigenvalue weighted by Gasteiger charge is -2.21. The molecule has 1 saturated heterocycles. The Hall–Kier alpha value is -2.12. The first-order chi connectivity index (χ1) is 12.3. The first kappa shape index (κ1) is 17.7. The Balaban J connectivity index is 1.50. The number of rotatable bonds is 7. The Bertz CT molecular complexity index is 655. The van der Waals surface area contributed by atoms with Crippen molar-refractivity contribution in [2.75, 3.05) is 58.0 Å². The van der Waals surface area contributed by atoms with Gasteiger partial charge in [-0.05, 0) is 18.6 Å². The van der Waals surface area contributed by atoms with Gasteiger partial charge in [-0.15, -0.1) is 0 Å². The van der Waals surface area contributed by atoms with Crippen LogP contribution < -0.4 is 4.90 Å². The quantitative estimate of drug-likeness (QED) is 0.772. The summed E-state index contributed by atoms with van der Waals surface area (Å²) in [5.41, 5.74) is 2.02. The third-order valence-electron chi connectivity index (χ3n) is 4.42. The van der Waals surface area contributed by atoms with Crippen LogP contribution in [0.25, 0.3) is 11.0 Å². The molecule has 25 heavy (non-hydrogen) atoms. The average Bonchev–Trinajstić information content (AvgIpc) is 2.90. The van der Waals surface area contributed by atoms with Crippen molar-refractivity contribution in [1.82, 2.24) is 14.9 Å². The number of aromatic amines is 1. The van der Waals surface area contributed by atoms with E-state index in [9.17, 15) is 4.79 Å². The Kier molecular flexibility index (Phi) is 6.25. The molecular weight excluding hydrogens is 320 g/mol. The van der Waals surface area contributed by atoms with Gasteiger partial charge < -0.3 is 24.3 Å². The van der Waals surface area contributed by atoms with E-state index in [4.69, 9.17) is 9.47 Å². The Morgan fingerprint density at radius 3 is 2.88 bits per heavy atom. The highest BCUT2D eigenvalue weighted by molar-refractivity contribution is 5.78. The van der Waals surface area contributed by atoms with Crippen LogP contribution in [-0.2, 0) is 14.3 Å². The van der Waals surface area contributed by atoms with Crippen LogP contribution in [0.5, 0.6) is 0 Å². The number of para-hydroxylation sites is 2. The summed E-state index contributed by atoms with van der Waals surface area (Å²) < 4.78 is 10.3. The molecule has 0 bridgehead atoms. The fraction of sp³-hybridized carbons (Fsp3) is 0.556. The van der Waals surface area contributed by atoms with Crippen molar-refractivity contribution in [3.63, 3.8) is 0 Å². The van der Waals surface area contributed by atoms with Gasteiger partial charge >= 0.3 is 0 Å². The number of hydrogen-bond acceptors (Lipinski definition) is 5. The number of anilines is 1. The van der Waals surface area contributed by atoms with Gasteiger partial charge in [0.15, 0.2) is 0 Å². The van der Waals surface area contributed by atoms with Crippen LogP contribution in [0, 0.1) is 0 Å². The minimum atomic E-state index is 0.156. The van der Waals surface area contributed by atoms with Gasteiger partial charge in [-0.25, -0.2) is 4.98 Å². The van der Waals surface area contributed by atoms with E-state index in [1.807, 2.05) is 29.2 Å². The van der Waals surface area contributed by atoms with E-state index in [1.165, 1.54) is 0 Å². The van der Waals surface area contributed by atoms with E-state index < -0.39 is 0 Å². The van der Waals surface area contributed by atoms with Crippen LogP contribution in [-0.4, -0.2) is 73.9 Å². The number of carbonyl (C=O) groups excluding carboxylic acids is 1. The summed E-state index contributed by atoms with van der Waals surface area (Å²) in [6.45, 7) is 4.73. The number of aromatic nitrogens is 2. The molecule has 2 heterocycles. The summed E-state index contributed by atoms with van der Waals surface area (Å²) in [7, 11) is 1.64. The zero-order valence-electron chi connectivity index (χ0n) is 14.7. The highest BCUT2D eigenvalue weighted by atomic mass is 16.5. The zero-order valence-corrected chi connectivity index (χ0v) is 14.7. The topological polar surface area (TPSA) is 70.7 Å². The number of benzene rings is 1. The van der Waals surface area contributed by atoms with Crippen molar-refractivity contribution in [3.05, 3.63) is 24.3 Å². The molecule has 1 aliphatic rings. The van der Waals surface area contributed by atoms with Crippen LogP contribution in [0.3, 0.4) is 0 Å². The summed E-state index contributed by atoms with van der Waals surface area (Å²) >= 11 is 0. The van der Waals surface area contributed by atoms with E-state index in [2.05, 4.69) is 14.9 Å². The third kappa shape index (κ3) is 4.70. The Morgan fingerprint density at radius 1 is 1.16 bits per heavy atom. The van der Waals surface area contributed by atoms with E-state index >= 15 is 0 Å². The molecule has 0 atom stereocenters. The van der Waals surface area contributed by atoms with Crippen LogP contribution in [0.1, 0.15) is 12.8 Å². The number of hydrogen-bond donors (Lipinski definition) is 1. The Labute approximate surface area is 147 Å². The highest BCUT2D eigenvalue weighted by Crippen LogP contribution is 2.18. The van der Waals surface area contributed by atoms with Gasteiger partial charge in [0.2, 0.25) is 11.9 Å². The lowest BCUT2D eigenvalue weighted by Crippen LogP contribution is -2.35. The number of nitrogens with zero attached hydrogens (tertiary/aromatic N) is 3. The van der Waals surface area contributed by atoms with E-state index in [0.717, 1.165) is 43.0 Å². The number of nitrogens with one attached hydrogen (secondary N) is 1. The van der Waals surface area contributed by atoms with Crippen molar-refractivity contribution >= 4 is 22.9 Å². The number of carbonyl (C=O) groups is 1. The number of amides is 1. The molecule has 0 saturated carbocycles. The predicted molar refractivity (Wildman–Crippen MR) is 96.8 cm³/mol. The van der Waals surface area contributed by atoms with Crippen LogP contribution in [0.4, 0.5) is 5.95 Å². The molecular formula is C18H26N4O3. The van der Waals surface area contributed by atoms with Gasteiger partial charge in [0.25, 0.3) is 0 Å². The zero-order chi connectivity index (χ0) is 17.5. The van der Waals surface area contributed by atoms with Crippen molar-refractivity contribution in [2.24, 2.45) is 0 Å². The van der Waals surface area contributed by atoms with Crippen molar-refractivity contribution in [2.45, 2.75) is 12.8 Å². The van der Waals surface area contributed by atoms with Gasteiger partial charge in [-0.3, -0.25) is 4.79 Å². The molecule has 7 nitrogen and oxygen atoms in total. The standard InChI is InChI=1S/C18H26N4O3/c1-24-13-14-25-12-7-17(23)21-8-4-9-22(11-10-21)18-19-15-5-2-3-6-16(15)20-18/h2-3,5-6H,4,7-14H2,1H3,(H,19,20). The summed E-state index contributed by atoms with van der Waals surface area (Å²) in [4.78, 5) is 24.5. The molecule has 0 aliphatic carbocycles. The molecule has 0 unspecified atom stereocenters. The SMILES string of the molecule is COCCOCCC(=O)N1CCCN(c2nc3ccccc3[nH]2)CC1. The minimum absolute atomic E-state index is 0.156. The summed E-state index contributed by atoms with van der Waals surface area (Å²) in [5.74, 6) is 1.04. The number of imidazole rings is 1. The molecule has 3 rings (SSSR count). The molecule has 1 aromatic carbocycles. The average molecular weight is 346 g/mol. The molecule has 1 fully saturated rings. The van der Waals surface area contributed by atoms with E-state index in [0.29, 0.717) is 32.8 Å². The maximum atomic E-state index is 12.3. The van der Waals surface area contributed by atoms with Crippen LogP contribution >= 0.6 is 0 Å². The van der Waals surface area contributed by atoms with Gasteiger partial charge in [-0.1, -0.05) is 12.1 Å². The molecule has 1 aliphatic heterocycles. The molecule has 1 amide bonds. The molecule has 0 spiro atoms. The second-order valence-electron chi connectivity index (χ2n) is 6.15. The van der Waals surface area contributed by atoms with Gasteiger partial charge in [0, 0.05) is 33.3 Å². The van der Waals surface area contributed by atoms with Crippen LogP contribution in [0.2, 0.25) is 0 Å². The highest BCUT2D eigenvalue weighted by Gasteiger charge is 2.20. The number of ether oxygens (including phenoxy) is 2. The van der Waals surface area contributed by atoms with Crippen molar-refractivity contribution in [3.8, 4) is 0 Å². The first-order valence-corrected chi connectivity index (χ1v) is 8.82. The second kappa shape index (κ2) is 8.82. The first-order valence-electron chi connectivity index (χ1n) is 8.82. The van der Waals surface area contributed by atoms with Gasteiger partial charge in [0.1, 0.15) is 0 Å².